The summed E-state index contributed by atoms with van der Waals surface area (Å²) in [6.07, 6.45) is 16.3. The van der Waals surface area contributed by atoms with Gasteiger partial charge in [0.05, 0.1) is 11.7 Å². The highest BCUT2D eigenvalue weighted by molar-refractivity contribution is 4.84. The lowest BCUT2D eigenvalue weighted by molar-refractivity contribution is 0.0634. The standard InChI is InChI=1S/C21H40O2/c1-20(2,23)12-5-4-6-17-7-8-18(16-17)9-13-21(3)14-10-19(22)11-15-21/h17-19,22-23H,4-16H2,1-3H3/t17-,18-,19?,21?/m0/s1. The molecule has 0 amide bonds. The summed E-state index contributed by atoms with van der Waals surface area (Å²) < 4.78 is 0. The monoisotopic (exact) mass is 324 g/mol. The van der Waals surface area contributed by atoms with Crippen LogP contribution in [0.15, 0.2) is 0 Å². The third-order valence-corrected chi connectivity index (χ3v) is 6.62. The van der Waals surface area contributed by atoms with Gasteiger partial charge < -0.3 is 10.2 Å². The maximum Gasteiger partial charge on any atom is 0.0591 e. The van der Waals surface area contributed by atoms with E-state index >= 15 is 0 Å². The predicted molar refractivity (Wildman–Crippen MR) is 97.4 cm³/mol. The molecule has 0 aromatic heterocycles. The molecular formula is C21H40O2. The van der Waals surface area contributed by atoms with Gasteiger partial charge in [-0.05, 0) is 82.5 Å². The molecule has 0 saturated heterocycles. The number of aliphatic hydroxyl groups is 2. The summed E-state index contributed by atoms with van der Waals surface area (Å²) in [4.78, 5) is 0. The molecule has 2 N–H and O–H groups in total. The average molecular weight is 325 g/mol. The highest BCUT2D eigenvalue weighted by atomic mass is 16.3. The number of aliphatic hydroxyl groups excluding tert-OH is 1. The van der Waals surface area contributed by atoms with Crippen molar-refractivity contribution < 1.29 is 10.2 Å². The van der Waals surface area contributed by atoms with Crippen molar-refractivity contribution in [2.45, 2.75) is 116 Å². The fourth-order valence-corrected chi connectivity index (χ4v) is 4.80. The summed E-state index contributed by atoms with van der Waals surface area (Å²) in [7, 11) is 0. The average Bonchev–Trinajstić information content (AvgIpc) is 2.92. The van der Waals surface area contributed by atoms with Crippen molar-refractivity contribution in [3.05, 3.63) is 0 Å². The van der Waals surface area contributed by atoms with E-state index in [0.29, 0.717) is 5.41 Å². The van der Waals surface area contributed by atoms with Crippen LogP contribution in [0.1, 0.15) is 104 Å². The summed E-state index contributed by atoms with van der Waals surface area (Å²) >= 11 is 0. The van der Waals surface area contributed by atoms with Crippen LogP contribution in [0.4, 0.5) is 0 Å². The SMILES string of the molecule is CC(C)(O)CCCC[C@H]1CC[C@@H](CCC2(C)CCC(O)CC2)C1. The topological polar surface area (TPSA) is 40.5 Å². The predicted octanol–water partition coefficient (Wildman–Crippen LogP) is 5.46. The van der Waals surface area contributed by atoms with Gasteiger partial charge in [-0.3, -0.25) is 0 Å². The van der Waals surface area contributed by atoms with E-state index in [4.69, 9.17) is 0 Å². The van der Waals surface area contributed by atoms with Crippen LogP contribution in [0.3, 0.4) is 0 Å². The van der Waals surface area contributed by atoms with Gasteiger partial charge in [-0.15, -0.1) is 0 Å². The van der Waals surface area contributed by atoms with Crippen LogP contribution in [0.2, 0.25) is 0 Å². The molecule has 0 unspecified atom stereocenters. The largest absolute Gasteiger partial charge is 0.393 e. The van der Waals surface area contributed by atoms with Gasteiger partial charge in [-0.1, -0.05) is 39.0 Å². The van der Waals surface area contributed by atoms with Crippen molar-refractivity contribution in [3.63, 3.8) is 0 Å². The molecule has 136 valence electrons. The molecule has 0 aromatic rings. The molecule has 0 radical (unpaired) electrons. The Morgan fingerprint density at radius 1 is 0.957 bits per heavy atom. The first-order valence-electron chi connectivity index (χ1n) is 10.2. The van der Waals surface area contributed by atoms with Crippen LogP contribution < -0.4 is 0 Å². The molecule has 2 fully saturated rings. The molecule has 0 spiro atoms. The summed E-state index contributed by atoms with van der Waals surface area (Å²) in [6, 6.07) is 0. The number of hydrogen-bond donors (Lipinski definition) is 2. The van der Waals surface area contributed by atoms with E-state index in [1.165, 1.54) is 64.2 Å². The lowest BCUT2D eigenvalue weighted by Crippen LogP contribution is -2.27. The van der Waals surface area contributed by atoms with Gasteiger partial charge in [0.1, 0.15) is 0 Å². The van der Waals surface area contributed by atoms with Gasteiger partial charge in [-0.25, -0.2) is 0 Å². The van der Waals surface area contributed by atoms with Crippen LogP contribution in [0.5, 0.6) is 0 Å². The van der Waals surface area contributed by atoms with Crippen LogP contribution >= 0.6 is 0 Å². The number of rotatable bonds is 8. The molecule has 23 heavy (non-hydrogen) atoms. The Kier molecular flexibility index (Phi) is 6.98. The lowest BCUT2D eigenvalue weighted by atomic mass is 9.71. The first kappa shape index (κ1) is 19.2. The highest BCUT2D eigenvalue weighted by Crippen LogP contribution is 2.44. The number of hydrogen-bond acceptors (Lipinski definition) is 2. The zero-order valence-corrected chi connectivity index (χ0v) is 15.8. The van der Waals surface area contributed by atoms with E-state index in [0.717, 1.165) is 31.1 Å². The zero-order chi connectivity index (χ0) is 16.9. The van der Waals surface area contributed by atoms with Crippen molar-refractivity contribution in [2.24, 2.45) is 17.3 Å². The first-order chi connectivity index (χ1) is 10.8. The van der Waals surface area contributed by atoms with Crippen molar-refractivity contribution >= 4 is 0 Å². The normalized spacial score (nSPS) is 35.6. The Balaban J connectivity index is 1.58. The Morgan fingerprint density at radius 2 is 1.57 bits per heavy atom. The molecule has 2 atom stereocenters. The molecule has 0 heterocycles. The Morgan fingerprint density at radius 3 is 2.17 bits per heavy atom. The number of unbranched alkanes of at least 4 members (excludes halogenated alkanes) is 1. The van der Waals surface area contributed by atoms with Crippen LogP contribution in [-0.2, 0) is 0 Å². The summed E-state index contributed by atoms with van der Waals surface area (Å²) in [5.41, 5.74) is 0.0191. The highest BCUT2D eigenvalue weighted by Gasteiger charge is 2.32. The second-order valence-corrected chi connectivity index (χ2v) is 9.68. The van der Waals surface area contributed by atoms with E-state index in [9.17, 15) is 10.2 Å². The quantitative estimate of drug-likeness (QED) is 0.582. The van der Waals surface area contributed by atoms with E-state index in [-0.39, 0.29) is 6.10 Å². The van der Waals surface area contributed by atoms with Gasteiger partial charge in [0.15, 0.2) is 0 Å². The second kappa shape index (κ2) is 8.34. The molecule has 2 aliphatic rings. The molecule has 2 aliphatic carbocycles. The van der Waals surface area contributed by atoms with Crippen LogP contribution in [0, 0.1) is 17.3 Å². The maximum atomic E-state index is 9.77. The minimum Gasteiger partial charge on any atom is -0.393 e. The van der Waals surface area contributed by atoms with E-state index < -0.39 is 5.60 Å². The molecule has 0 aliphatic heterocycles. The van der Waals surface area contributed by atoms with Crippen molar-refractivity contribution in [3.8, 4) is 0 Å². The molecule has 2 heteroatoms. The minimum atomic E-state index is -0.485. The summed E-state index contributed by atoms with van der Waals surface area (Å²) in [5, 5.41) is 19.5. The summed E-state index contributed by atoms with van der Waals surface area (Å²) in [5.74, 6) is 1.90. The van der Waals surface area contributed by atoms with Crippen molar-refractivity contribution in [2.75, 3.05) is 0 Å². The van der Waals surface area contributed by atoms with Gasteiger partial charge in [0.2, 0.25) is 0 Å². The molecule has 2 saturated carbocycles. The lowest BCUT2D eigenvalue weighted by Gasteiger charge is -2.36. The van der Waals surface area contributed by atoms with E-state index in [1.54, 1.807) is 0 Å². The Bertz CT molecular complexity index is 336. The molecule has 0 bridgehead atoms. The first-order valence-corrected chi connectivity index (χ1v) is 10.2. The van der Waals surface area contributed by atoms with Gasteiger partial charge in [0.25, 0.3) is 0 Å². The molecule has 2 nitrogen and oxygen atoms in total. The van der Waals surface area contributed by atoms with Gasteiger partial charge in [0, 0.05) is 0 Å². The fourth-order valence-electron chi connectivity index (χ4n) is 4.80. The van der Waals surface area contributed by atoms with Crippen molar-refractivity contribution in [1.29, 1.82) is 0 Å². The minimum absolute atomic E-state index is 0.0252. The second-order valence-electron chi connectivity index (χ2n) is 9.68. The van der Waals surface area contributed by atoms with Crippen molar-refractivity contribution in [1.82, 2.24) is 0 Å². The Hall–Kier alpha value is -0.0800. The third kappa shape index (κ3) is 7.13. The zero-order valence-electron chi connectivity index (χ0n) is 15.8. The third-order valence-electron chi connectivity index (χ3n) is 6.62. The van der Waals surface area contributed by atoms with E-state index in [2.05, 4.69) is 6.92 Å². The Labute approximate surface area is 144 Å². The van der Waals surface area contributed by atoms with E-state index in [1.807, 2.05) is 13.8 Å². The molecule has 0 aromatic carbocycles. The molecular weight excluding hydrogens is 284 g/mol. The van der Waals surface area contributed by atoms with Gasteiger partial charge in [-0.2, -0.15) is 0 Å². The van der Waals surface area contributed by atoms with Crippen LogP contribution in [-0.4, -0.2) is 21.9 Å². The van der Waals surface area contributed by atoms with Gasteiger partial charge >= 0.3 is 0 Å². The maximum absolute atomic E-state index is 9.77. The smallest absolute Gasteiger partial charge is 0.0591 e. The molecule has 2 rings (SSSR count). The summed E-state index contributed by atoms with van der Waals surface area (Å²) in [6.45, 7) is 6.29. The fraction of sp³-hybridized carbons (Fsp3) is 1.00. The van der Waals surface area contributed by atoms with Crippen LogP contribution in [0.25, 0.3) is 0 Å².